The fourth-order valence-electron chi connectivity index (χ4n) is 1.50. The Balaban J connectivity index is 3.27. The van der Waals surface area contributed by atoms with Gasteiger partial charge in [-0.15, -0.1) is 11.6 Å². The molecule has 0 aromatic heterocycles. The number of halogens is 3. The van der Waals surface area contributed by atoms with Crippen molar-refractivity contribution < 1.29 is 33.3 Å². The molecule has 1 aromatic rings. The third-order valence-corrected chi connectivity index (χ3v) is 2.93. The SMILES string of the molecule is CC(=O)C(Cl)c1cc(OC(F)F)cc(C(O)C(=O)O)c1. The summed E-state index contributed by atoms with van der Waals surface area (Å²) in [5.41, 5.74) is -0.148. The lowest BCUT2D eigenvalue weighted by Gasteiger charge is -2.14. The van der Waals surface area contributed by atoms with Gasteiger partial charge in [-0.25, -0.2) is 4.79 Å². The number of aliphatic hydroxyl groups is 1. The third-order valence-electron chi connectivity index (χ3n) is 2.38. The van der Waals surface area contributed by atoms with Crippen LogP contribution in [0.2, 0.25) is 0 Å². The Labute approximate surface area is 117 Å². The fraction of sp³-hybridized carbons (Fsp3) is 0.333. The van der Waals surface area contributed by atoms with Gasteiger partial charge in [0.15, 0.2) is 11.9 Å². The predicted octanol–water partition coefficient (Wildman–Crippen LogP) is 2.27. The van der Waals surface area contributed by atoms with Crippen LogP contribution in [0.4, 0.5) is 8.78 Å². The maximum atomic E-state index is 12.2. The molecule has 20 heavy (non-hydrogen) atoms. The van der Waals surface area contributed by atoms with Crippen LogP contribution in [0, 0.1) is 0 Å². The molecule has 0 saturated carbocycles. The molecule has 0 bridgehead atoms. The second kappa shape index (κ2) is 6.62. The van der Waals surface area contributed by atoms with E-state index in [1.165, 1.54) is 6.92 Å². The van der Waals surface area contributed by atoms with E-state index in [1.54, 1.807) is 0 Å². The van der Waals surface area contributed by atoms with Crippen LogP contribution in [-0.4, -0.2) is 28.6 Å². The van der Waals surface area contributed by atoms with Crippen molar-refractivity contribution in [3.63, 3.8) is 0 Å². The van der Waals surface area contributed by atoms with Crippen LogP contribution in [0.5, 0.6) is 5.75 Å². The van der Waals surface area contributed by atoms with Crippen molar-refractivity contribution in [2.45, 2.75) is 25.0 Å². The highest BCUT2D eigenvalue weighted by atomic mass is 35.5. The van der Waals surface area contributed by atoms with E-state index in [2.05, 4.69) is 4.74 Å². The van der Waals surface area contributed by atoms with Gasteiger partial charge in [-0.2, -0.15) is 8.78 Å². The molecule has 8 heteroatoms. The summed E-state index contributed by atoms with van der Waals surface area (Å²) in [4.78, 5) is 21.9. The van der Waals surface area contributed by atoms with Crippen LogP contribution in [0.3, 0.4) is 0 Å². The number of Topliss-reactive ketones (excluding diaryl/α,β-unsaturated/α-hetero) is 1. The summed E-state index contributed by atoms with van der Waals surface area (Å²) in [5, 5.41) is 17.0. The largest absolute Gasteiger partial charge is 0.479 e. The van der Waals surface area contributed by atoms with Crippen molar-refractivity contribution in [2.75, 3.05) is 0 Å². The number of hydrogen-bond acceptors (Lipinski definition) is 4. The van der Waals surface area contributed by atoms with E-state index >= 15 is 0 Å². The maximum absolute atomic E-state index is 12.2. The van der Waals surface area contributed by atoms with E-state index in [0.29, 0.717) is 0 Å². The van der Waals surface area contributed by atoms with E-state index in [0.717, 1.165) is 18.2 Å². The van der Waals surface area contributed by atoms with Crippen molar-refractivity contribution >= 4 is 23.4 Å². The second-order valence-electron chi connectivity index (χ2n) is 3.93. The molecule has 0 aliphatic heterocycles. The Morgan fingerprint density at radius 2 is 1.80 bits per heavy atom. The van der Waals surface area contributed by atoms with Crippen LogP contribution in [0.15, 0.2) is 18.2 Å². The van der Waals surface area contributed by atoms with Gasteiger partial charge in [0.1, 0.15) is 11.1 Å². The molecule has 0 heterocycles. The Hall–Kier alpha value is -1.73. The number of ether oxygens (including phenoxy) is 1. The third kappa shape index (κ3) is 4.14. The van der Waals surface area contributed by atoms with E-state index < -0.39 is 29.8 Å². The number of carboxylic acid groups (broad SMARTS) is 1. The fourth-order valence-corrected chi connectivity index (χ4v) is 1.62. The van der Waals surface area contributed by atoms with Gasteiger partial charge in [-0.05, 0) is 30.2 Å². The summed E-state index contributed by atoms with van der Waals surface area (Å²) < 4.78 is 28.6. The normalized spacial score (nSPS) is 13.9. The smallest absolute Gasteiger partial charge is 0.387 e. The maximum Gasteiger partial charge on any atom is 0.387 e. The molecular weight excluding hydrogens is 298 g/mol. The topological polar surface area (TPSA) is 83.8 Å². The average Bonchev–Trinajstić information content (AvgIpc) is 2.35. The van der Waals surface area contributed by atoms with E-state index in [1.807, 2.05) is 0 Å². The number of hydrogen-bond donors (Lipinski definition) is 2. The molecule has 1 rings (SSSR count). The highest BCUT2D eigenvalue weighted by Gasteiger charge is 2.22. The Morgan fingerprint density at radius 1 is 1.25 bits per heavy atom. The summed E-state index contributed by atoms with van der Waals surface area (Å²) in [6.07, 6.45) is -1.94. The van der Waals surface area contributed by atoms with Gasteiger partial charge in [-0.1, -0.05) is 6.07 Å². The molecule has 0 aliphatic rings. The number of rotatable bonds is 6. The summed E-state index contributed by atoms with van der Waals surface area (Å²) in [6.45, 7) is -1.95. The number of benzene rings is 1. The van der Waals surface area contributed by atoms with E-state index in [4.69, 9.17) is 16.7 Å². The molecule has 2 N–H and O–H groups in total. The number of ketones is 1. The Kier molecular flexibility index (Phi) is 5.41. The first-order chi connectivity index (χ1) is 9.22. The zero-order chi connectivity index (χ0) is 15.4. The lowest BCUT2D eigenvalue weighted by molar-refractivity contribution is -0.146. The first kappa shape index (κ1) is 16.3. The van der Waals surface area contributed by atoms with Crippen LogP contribution >= 0.6 is 11.6 Å². The van der Waals surface area contributed by atoms with Crippen molar-refractivity contribution in [1.29, 1.82) is 0 Å². The van der Waals surface area contributed by atoms with Crippen molar-refractivity contribution in [1.82, 2.24) is 0 Å². The molecule has 2 atom stereocenters. The van der Waals surface area contributed by atoms with Crippen molar-refractivity contribution in [3.05, 3.63) is 29.3 Å². The summed E-state index contributed by atoms with van der Waals surface area (Å²) in [6, 6.07) is 3.18. The highest BCUT2D eigenvalue weighted by molar-refractivity contribution is 6.30. The highest BCUT2D eigenvalue weighted by Crippen LogP contribution is 2.30. The average molecular weight is 309 g/mol. The molecule has 5 nitrogen and oxygen atoms in total. The number of carboxylic acids is 1. The number of carbonyl (C=O) groups is 2. The predicted molar refractivity (Wildman–Crippen MR) is 64.9 cm³/mol. The van der Waals surface area contributed by atoms with Crippen LogP contribution in [-0.2, 0) is 9.59 Å². The van der Waals surface area contributed by atoms with E-state index in [-0.39, 0.29) is 16.9 Å². The van der Waals surface area contributed by atoms with Gasteiger partial charge in [0.2, 0.25) is 0 Å². The zero-order valence-electron chi connectivity index (χ0n) is 10.2. The number of carbonyl (C=O) groups excluding carboxylic acids is 1. The minimum atomic E-state index is -3.13. The van der Waals surface area contributed by atoms with Crippen LogP contribution < -0.4 is 4.74 Å². The molecule has 0 aliphatic carbocycles. The minimum absolute atomic E-state index is 0.0626. The van der Waals surface area contributed by atoms with Gasteiger partial charge < -0.3 is 14.9 Å². The molecule has 0 radical (unpaired) electrons. The lowest BCUT2D eigenvalue weighted by atomic mass is 10.0. The van der Waals surface area contributed by atoms with Crippen LogP contribution in [0.25, 0.3) is 0 Å². The number of alkyl halides is 3. The molecule has 110 valence electrons. The Morgan fingerprint density at radius 3 is 2.25 bits per heavy atom. The summed E-state index contributed by atoms with van der Waals surface area (Å²) in [5.74, 6) is -2.42. The second-order valence-corrected chi connectivity index (χ2v) is 4.36. The molecule has 0 spiro atoms. The quantitative estimate of drug-likeness (QED) is 0.788. The summed E-state index contributed by atoms with van der Waals surface area (Å²) in [7, 11) is 0. The standard InChI is InChI=1S/C12H11ClF2O5/c1-5(16)9(13)6-2-7(10(17)11(18)19)4-8(3-6)20-12(14)15/h2-4,9-10,12,17H,1H3,(H,18,19). The number of aliphatic carboxylic acids is 1. The Bertz CT molecular complexity index is 482. The summed E-state index contributed by atoms with van der Waals surface area (Å²) >= 11 is 5.78. The van der Waals surface area contributed by atoms with Gasteiger partial charge in [-0.3, -0.25) is 4.79 Å². The van der Waals surface area contributed by atoms with Gasteiger partial charge in [0.05, 0.1) is 0 Å². The lowest BCUT2D eigenvalue weighted by Crippen LogP contribution is -2.13. The molecule has 0 saturated heterocycles. The van der Waals surface area contributed by atoms with Gasteiger partial charge >= 0.3 is 12.6 Å². The van der Waals surface area contributed by atoms with Gasteiger partial charge in [0, 0.05) is 0 Å². The first-order valence-corrected chi connectivity index (χ1v) is 5.81. The molecule has 0 fully saturated rings. The number of aliphatic hydroxyl groups excluding tert-OH is 1. The van der Waals surface area contributed by atoms with Gasteiger partial charge in [0.25, 0.3) is 0 Å². The minimum Gasteiger partial charge on any atom is -0.479 e. The zero-order valence-corrected chi connectivity index (χ0v) is 11.0. The molecule has 0 amide bonds. The first-order valence-electron chi connectivity index (χ1n) is 5.37. The van der Waals surface area contributed by atoms with Crippen LogP contribution in [0.1, 0.15) is 29.5 Å². The molecular formula is C12H11ClF2O5. The van der Waals surface area contributed by atoms with Crippen molar-refractivity contribution in [2.24, 2.45) is 0 Å². The monoisotopic (exact) mass is 308 g/mol. The molecule has 1 aromatic carbocycles. The van der Waals surface area contributed by atoms with Crippen molar-refractivity contribution in [3.8, 4) is 5.75 Å². The molecule has 2 unspecified atom stereocenters. The van der Waals surface area contributed by atoms with E-state index in [9.17, 15) is 23.5 Å².